The standard InChI is InChI=1S/C20H15BrF2N2O4/c21-17-10-9-16(28-17)19(27)24-13-7-5-12(6-8-13)11-18(26)25-14-3-1-2-4-15(14)29-20(22)23/h1-10,20H,11H2,(H,24,27)(H,25,26). The van der Waals surface area contributed by atoms with Crippen LogP contribution in [0.2, 0.25) is 0 Å². The Labute approximate surface area is 173 Å². The molecule has 0 saturated carbocycles. The average molecular weight is 465 g/mol. The lowest BCUT2D eigenvalue weighted by atomic mass is 10.1. The predicted octanol–water partition coefficient (Wildman–Crippen LogP) is 5.08. The van der Waals surface area contributed by atoms with Crippen LogP contribution in [0.25, 0.3) is 0 Å². The molecule has 0 saturated heterocycles. The van der Waals surface area contributed by atoms with E-state index in [9.17, 15) is 18.4 Å². The molecule has 1 heterocycles. The lowest BCUT2D eigenvalue weighted by Crippen LogP contribution is -2.16. The maximum Gasteiger partial charge on any atom is 0.387 e. The Bertz CT molecular complexity index is 1010. The molecule has 0 aliphatic heterocycles. The maximum atomic E-state index is 12.4. The molecule has 2 amide bonds. The van der Waals surface area contributed by atoms with Crippen molar-refractivity contribution in [2.24, 2.45) is 0 Å². The van der Waals surface area contributed by atoms with Crippen LogP contribution in [-0.2, 0) is 11.2 Å². The van der Waals surface area contributed by atoms with E-state index in [1.165, 1.54) is 24.3 Å². The first-order valence-corrected chi connectivity index (χ1v) is 9.19. The number of para-hydroxylation sites is 2. The number of alkyl halides is 2. The van der Waals surface area contributed by atoms with Gasteiger partial charge in [0.05, 0.1) is 12.1 Å². The second-order valence-corrected chi connectivity index (χ2v) is 6.64. The minimum atomic E-state index is -2.99. The summed E-state index contributed by atoms with van der Waals surface area (Å²) in [6.07, 6.45) is 0.0162. The van der Waals surface area contributed by atoms with Gasteiger partial charge in [-0.15, -0.1) is 0 Å². The Hall–Kier alpha value is -3.20. The van der Waals surface area contributed by atoms with Crippen molar-refractivity contribution in [2.75, 3.05) is 10.6 Å². The molecule has 6 nitrogen and oxygen atoms in total. The third-order valence-corrected chi connectivity index (χ3v) is 4.18. The highest BCUT2D eigenvalue weighted by molar-refractivity contribution is 9.10. The van der Waals surface area contributed by atoms with Crippen LogP contribution in [0, 0.1) is 0 Å². The summed E-state index contributed by atoms with van der Waals surface area (Å²) in [5.74, 6) is -0.757. The van der Waals surface area contributed by atoms with Gasteiger partial charge in [-0.2, -0.15) is 8.78 Å². The summed E-state index contributed by atoms with van der Waals surface area (Å²) in [5, 5.41) is 5.23. The van der Waals surface area contributed by atoms with Gasteiger partial charge in [-0.25, -0.2) is 0 Å². The van der Waals surface area contributed by atoms with Crippen LogP contribution in [0.15, 0.2) is 69.8 Å². The van der Waals surface area contributed by atoms with Crippen molar-refractivity contribution in [3.63, 3.8) is 0 Å². The van der Waals surface area contributed by atoms with Gasteiger partial charge < -0.3 is 19.8 Å². The van der Waals surface area contributed by atoms with E-state index in [-0.39, 0.29) is 23.6 Å². The van der Waals surface area contributed by atoms with E-state index in [0.717, 1.165) is 0 Å². The number of hydrogen-bond donors (Lipinski definition) is 2. The van der Waals surface area contributed by atoms with Crippen molar-refractivity contribution in [1.82, 2.24) is 0 Å². The van der Waals surface area contributed by atoms with Gasteiger partial charge in [-0.05, 0) is 57.9 Å². The van der Waals surface area contributed by atoms with Gasteiger partial charge in [0.2, 0.25) is 5.91 Å². The minimum Gasteiger partial charge on any atom is -0.444 e. The Morgan fingerprint density at radius 3 is 2.38 bits per heavy atom. The van der Waals surface area contributed by atoms with E-state index in [0.29, 0.717) is 15.9 Å². The second-order valence-electron chi connectivity index (χ2n) is 5.85. The zero-order valence-corrected chi connectivity index (χ0v) is 16.4. The first-order chi connectivity index (χ1) is 13.9. The maximum absolute atomic E-state index is 12.4. The van der Waals surface area contributed by atoms with Crippen LogP contribution in [0.5, 0.6) is 5.75 Å². The molecule has 0 fully saturated rings. The highest BCUT2D eigenvalue weighted by atomic mass is 79.9. The van der Waals surface area contributed by atoms with Crippen LogP contribution in [0.3, 0.4) is 0 Å². The molecule has 0 unspecified atom stereocenters. The van der Waals surface area contributed by atoms with E-state index in [2.05, 4.69) is 31.3 Å². The number of furan rings is 1. The Morgan fingerprint density at radius 2 is 1.72 bits per heavy atom. The lowest BCUT2D eigenvalue weighted by molar-refractivity contribution is -0.115. The van der Waals surface area contributed by atoms with E-state index in [1.807, 2.05) is 0 Å². The Balaban J connectivity index is 1.58. The van der Waals surface area contributed by atoms with Gasteiger partial charge in [-0.1, -0.05) is 24.3 Å². The van der Waals surface area contributed by atoms with E-state index in [4.69, 9.17) is 4.42 Å². The molecule has 0 aliphatic carbocycles. The van der Waals surface area contributed by atoms with Gasteiger partial charge in [0, 0.05) is 5.69 Å². The summed E-state index contributed by atoms with van der Waals surface area (Å²) in [4.78, 5) is 24.3. The molecular formula is C20H15BrF2N2O4. The zero-order chi connectivity index (χ0) is 20.8. The van der Waals surface area contributed by atoms with E-state index < -0.39 is 18.4 Å². The van der Waals surface area contributed by atoms with Crippen LogP contribution in [0.4, 0.5) is 20.2 Å². The Kier molecular flexibility index (Phi) is 6.61. The first kappa shape index (κ1) is 20.5. The van der Waals surface area contributed by atoms with Crippen molar-refractivity contribution in [3.05, 3.63) is 76.7 Å². The van der Waals surface area contributed by atoms with Gasteiger partial charge >= 0.3 is 6.61 Å². The molecule has 0 bridgehead atoms. The number of rotatable bonds is 7. The van der Waals surface area contributed by atoms with Crippen molar-refractivity contribution in [1.29, 1.82) is 0 Å². The largest absolute Gasteiger partial charge is 0.444 e. The van der Waals surface area contributed by atoms with Crippen LogP contribution < -0.4 is 15.4 Å². The summed E-state index contributed by atoms with van der Waals surface area (Å²) in [5.41, 5.74) is 1.36. The Morgan fingerprint density at radius 1 is 1.00 bits per heavy atom. The van der Waals surface area contributed by atoms with E-state index in [1.54, 1.807) is 36.4 Å². The van der Waals surface area contributed by atoms with Gasteiger partial charge in [0.15, 0.2) is 10.4 Å². The lowest BCUT2D eigenvalue weighted by Gasteiger charge is -2.12. The van der Waals surface area contributed by atoms with Crippen molar-refractivity contribution in [3.8, 4) is 5.75 Å². The number of ether oxygens (including phenoxy) is 1. The minimum absolute atomic E-state index is 0.0162. The molecule has 29 heavy (non-hydrogen) atoms. The summed E-state index contributed by atoms with van der Waals surface area (Å²) in [6, 6.07) is 15.7. The molecule has 3 aromatic rings. The SMILES string of the molecule is O=C(Cc1ccc(NC(=O)c2ccc(Br)o2)cc1)Nc1ccccc1OC(F)F. The summed E-state index contributed by atoms with van der Waals surface area (Å²) >= 11 is 3.13. The third kappa shape index (κ3) is 5.89. The fourth-order valence-corrected chi connectivity index (χ4v) is 2.79. The number of halogens is 3. The zero-order valence-electron chi connectivity index (χ0n) is 14.8. The molecule has 0 atom stereocenters. The first-order valence-electron chi connectivity index (χ1n) is 8.40. The van der Waals surface area contributed by atoms with Gasteiger partial charge in [0.1, 0.15) is 5.75 Å². The number of benzene rings is 2. The smallest absolute Gasteiger partial charge is 0.387 e. The molecule has 2 N–H and O–H groups in total. The number of amides is 2. The molecule has 1 aromatic heterocycles. The summed E-state index contributed by atoms with van der Waals surface area (Å²) in [7, 11) is 0. The van der Waals surface area contributed by atoms with Crippen LogP contribution in [0.1, 0.15) is 16.1 Å². The molecule has 150 valence electrons. The molecule has 3 rings (SSSR count). The molecule has 0 spiro atoms. The predicted molar refractivity (Wildman–Crippen MR) is 106 cm³/mol. The highest BCUT2D eigenvalue weighted by Gasteiger charge is 2.13. The molecule has 2 aromatic carbocycles. The monoisotopic (exact) mass is 464 g/mol. The summed E-state index contributed by atoms with van der Waals surface area (Å²) < 4.78 is 34.9. The van der Waals surface area contributed by atoms with Crippen LogP contribution >= 0.6 is 15.9 Å². The fourth-order valence-electron chi connectivity index (χ4n) is 2.48. The number of carbonyl (C=O) groups is 2. The number of carbonyl (C=O) groups excluding carboxylic acids is 2. The quantitative estimate of drug-likeness (QED) is 0.510. The molecular weight excluding hydrogens is 450 g/mol. The van der Waals surface area contributed by atoms with Crippen molar-refractivity contribution < 1.29 is 27.5 Å². The van der Waals surface area contributed by atoms with E-state index >= 15 is 0 Å². The van der Waals surface area contributed by atoms with Crippen LogP contribution in [-0.4, -0.2) is 18.4 Å². The normalized spacial score (nSPS) is 10.6. The fraction of sp³-hybridized carbons (Fsp3) is 0.100. The van der Waals surface area contributed by atoms with Crippen molar-refractivity contribution in [2.45, 2.75) is 13.0 Å². The van der Waals surface area contributed by atoms with Gasteiger partial charge in [-0.3, -0.25) is 9.59 Å². The van der Waals surface area contributed by atoms with Crippen molar-refractivity contribution >= 4 is 39.1 Å². The average Bonchev–Trinajstić information content (AvgIpc) is 3.11. The van der Waals surface area contributed by atoms with Gasteiger partial charge in [0.25, 0.3) is 5.91 Å². The third-order valence-electron chi connectivity index (χ3n) is 3.75. The molecule has 0 radical (unpaired) electrons. The second kappa shape index (κ2) is 9.33. The topological polar surface area (TPSA) is 80.6 Å². The highest BCUT2D eigenvalue weighted by Crippen LogP contribution is 2.25. The summed E-state index contributed by atoms with van der Waals surface area (Å²) in [6.45, 7) is -2.99. The molecule has 0 aliphatic rings. The molecule has 9 heteroatoms. The number of anilines is 2. The number of nitrogens with one attached hydrogen (secondary N) is 2. The number of hydrogen-bond acceptors (Lipinski definition) is 4.